The van der Waals surface area contributed by atoms with Crippen LogP contribution in [0.1, 0.15) is 34.6 Å². The van der Waals surface area contributed by atoms with Crippen LogP contribution >= 0.6 is 12.2 Å². The highest BCUT2D eigenvalue weighted by Gasteiger charge is 2.42. The molecule has 0 spiro atoms. The zero-order valence-electron chi connectivity index (χ0n) is 17.4. The Morgan fingerprint density at radius 1 is 0.871 bits per heavy atom. The zero-order chi connectivity index (χ0) is 21.4. The molecule has 154 valence electrons. The standard InChI is InChI=1S/C25H23N5S/c1-17-14-18(2)16-20(15-17)30-24(23(28-25(30)31)21-6-3-4-10-27-21)22-7-5-13-29(22)19-8-11-26-12-9-19/h3-16,23-24H,1-2H3,(H,28,31)/t23-,24-/m0/s1. The molecule has 1 saturated heterocycles. The molecule has 5 nitrogen and oxygen atoms in total. The third-order valence-electron chi connectivity index (χ3n) is 5.61. The number of hydrogen-bond acceptors (Lipinski definition) is 3. The van der Waals surface area contributed by atoms with E-state index in [4.69, 9.17) is 12.2 Å². The normalized spacial score (nSPS) is 18.3. The number of aromatic nitrogens is 3. The molecule has 4 aromatic rings. The van der Waals surface area contributed by atoms with E-state index in [0.29, 0.717) is 5.11 Å². The van der Waals surface area contributed by atoms with Crippen LogP contribution in [-0.2, 0) is 0 Å². The molecule has 31 heavy (non-hydrogen) atoms. The summed E-state index contributed by atoms with van der Waals surface area (Å²) in [6, 6.07) is 20.7. The molecule has 1 aliphatic rings. The molecule has 1 aliphatic heterocycles. The summed E-state index contributed by atoms with van der Waals surface area (Å²) in [5.41, 5.74) is 6.66. The first-order chi connectivity index (χ1) is 15.1. The lowest BCUT2D eigenvalue weighted by molar-refractivity contribution is 0.549. The maximum atomic E-state index is 5.86. The number of thiocarbonyl (C=S) groups is 1. The third-order valence-corrected chi connectivity index (χ3v) is 5.92. The maximum Gasteiger partial charge on any atom is 0.174 e. The molecule has 4 heterocycles. The van der Waals surface area contributed by atoms with Gasteiger partial charge >= 0.3 is 0 Å². The van der Waals surface area contributed by atoms with Gasteiger partial charge in [-0.1, -0.05) is 12.1 Å². The van der Waals surface area contributed by atoms with E-state index in [9.17, 15) is 0 Å². The fraction of sp³-hybridized carbons (Fsp3) is 0.160. The fourth-order valence-electron chi connectivity index (χ4n) is 4.40. The van der Waals surface area contributed by atoms with Crippen molar-refractivity contribution in [3.05, 3.63) is 108 Å². The maximum absolute atomic E-state index is 5.86. The summed E-state index contributed by atoms with van der Waals surface area (Å²) in [7, 11) is 0. The van der Waals surface area contributed by atoms with Gasteiger partial charge in [-0.05, 0) is 85.7 Å². The number of hydrogen-bond donors (Lipinski definition) is 1. The van der Waals surface area contributed by atoms with Gasteiger partial charge in [0, 0.05) is 41.9 Å². The molecule has 0 bridgehead atoms. The van der Waals surface area contributed by atoms with Gasteiger partial charge in [0.15, 0.2) is 5.11 Å². The molecule has 0 aliphatic carbocycles. The van der Waals surface area contributed by atoms with Crippen molar-refractivity contribution in [1.82, 2.24) is 19.9 Å². The minimum Gasteiger partial charge on any atom is -0.351 e. The highest BCUT2D eigenvalue weighted by atomic mass is 32.1. The van der Waals surface area contributed by atoms with E-state index in [0.717, 1.165) is 22.8 Å². The molecule has 0 saturated carbocycles. The van der Waals surface area contributed by atoms with Gasteiger partial charge in [0.05, 0.1) is 11.7 Å². The minimum absolute atomic E-state index is 0.0632. The van der Waals surface area contributed by atoms with Gasteiger partial charge in [0.1, 0.15) is 6.04 Å². The molecule has 0 radical (unpaired) electrons. The van der Waals surface area contributed by atoms with Crippen molar-refractivity contribution in [1.29, 1.82) is 0 Å². The van der Waals surface area contributed by atoms with E-state index >= 15 is 0 Å². The quantitative estimate of drug-likeness (QED) is 0.463. The Hall–Kier alpha value is -3.51. The van der Waals surface area contributed by atoms with Crippen molar-refractivity contribution in [3.63, 3.8) is 0 Å². The lowest BCUT2D eigenvalue weighted by Crippen LogP contribution is -2.30. The first-order valence-electron chi connectivity index (χ1n) is 10.3. The number of aryl methyl sites for hydroxylation is 2. The van der Waals surface area contributed by atoms with Crippen molar-refractivity contribution in [2.45, 2.75) is 25.9 Å². The fourth-order valence-corrected chi connectivity index (χ4v) is 4.74. The molecule has 0 unspecified atom stereocenters. The van der Waals surface area contributed by atoms with Crippen LogP contribution in [0.15, 0.2) is 85.5 Å². The van der Waals surface area contributed by atoms with E-state index in [1.807, 2.05) is 42.9 Å². The molecular weight excluding hydrogens is 402 g/mol. The smallest absolute Gasteiger partial charge is 0.174 e. The van der Waals surface area contributed by atoms with Crippen LogP contribution in [-0.4, -0.2) is 19.6 Å². The molecular formula is C25H23N5S. The van der Waals surface area contributed by atoms with Crippen molar-refractivity contribution in [2.24, 2.45) is 0 Å². The molecule has 6 heteroatoms. The summed E-state index contributed by atoms with van der Waals surface area (Å²) in [5.74, 6) is 0. The Bertz CT molecular complexity index is 1200. The van der Waals surface area contributed by atoms with Crippen molar-refractivity contribution in [3.8, 4) is 5.69 Å². The number of benzene rings is 1. The van der Waals surface area contributed by atoms with Crippen LogP contribution in [0.4, 0.5) is 5.69 Å². The van der Waals surface area contributed by atoms with E-state index < -0.39 is 0 Å². The Balaban J connectivity index is 1.69. The van der Waals surface area contributed by atoms with E-state index in [-0.39, 0.29) is 12.1 Å². The molecule has 0 amide bonds. The number of anilines is 1. The summed E-state index contributed by atoms with van der Waals surface area (Å²) in [6.07, 6.45) is 7.54. The molecule has 5 rings (SSSR count). The van der Waals surface area contributed by atoms with Gasteiger partial charge < -0.3 is 14.8 Å². The summed E-state index contributed by atoms with van der Waals surface area (Å²) in [5, 5.41) is 4.25. The summed E-state index contributed by atoms with van der Waals surface area (Å²) in [4.78, 5) is 11.0. The minimum atomic E-state index is -0.0787. The summed E-state index contributed by atoms with van der Waals surface area (Å²) >= 11 is 5.86. The van der Waals surface area contributed by atoms with Crippen molar-refractivity contribution in [2.75, 3.05) is 4.90 Å². The molecule has 1 aromatic carbocycles. The second-order valence-corrected chi connectivity index (χ2v) is 8.24. The van der Waals surface area contributed by atoms with Crippen LogP contribution in [0.25, 0.3) is 5.69 Å². The first-order valence-corrected chi connectivity index (χ1v) is 10.7. The summed E-state index contributed by atoms with van der Waals surface area (Å²) in [6.45, 7) is 4.24. The average molecular weight is 426 g/mol. The Labute approximate surface area is 187 Å². The van der Waals surface area contributed by atoms with E-state index in [2.05, 4.69) is 81.2 Å². The number of nitrogens with zero attached hydrogens (tertiary/aromatic N) is 4. The van der Waals surface area contributed by atoms with Crippen molar-refractivity contribution >= 4 is 23.0 Å². The second kappa shape index (κ2) is 7.96. The second-order valence-electron chi connectivity index (χ2n) is 7.85. The predicted molar refractivity (Wildman–Crippen MR) is 127 cm³/mol. The van der Waals surface area contributed by atoms with Crippen LogP contribution in [0.3, 0.4) is 0 Å². The van der Waals surface area contributed by atoms with Gasteiger partial charge in [-0.25, -0.2) is 0 Å². The molecule has 2 atom stereocenters. The highest BCUT2D eigenvalue weighted by Crippen LogP contribution is 2.42. The van der Waals surface area contributed by atoms with Gasteiger partial charge in [0.2, 0.25) is 0 Å². The number of rotatable bonds is 4. The van der Waals surface area contributed by atoms with Crippen LogP contribution in [0.2, 0.25) is 0 Å². The molecule has 3 aromatic heterocycles. The van der Waals surface area contributed by atoms with Crippen molar-refractivity contribution < 1.29 is 0 Å². The highest BCUT2D eigenvalue weighted by molar-refractivity contribution is 7.80. The Morgan fingerprint density at radius 3 is 2.35 bits per heavy atom. The lowest BCUT2D eigenvalue weighted by atomic mass is 10.00. The van der Waals surface area contributed by atoms with E-state index in [1.54, 1.807) is 0 Å². The van der Waals surface area contributed by atoms with Crippen LogP contribution in [0, 0.1) is 13.8 Å². The third kappa shape index (κ3) is 3.59. The summed E-state index contributed by atoms with van der Waals surface area (Å²) < 4.78 is 2.20. The monoisotopic (exact) mass is 425 g/mol. The van der Waals surface area contributed by atoms with Crippen LogP contribution in [0.5, 0.6) is 0 Å². The largest absolute Gasteiger partial charge is 0.351 e. The molecule has 1 N–H and O–H groups in total. The SMILES string of the molecule is Cc1cc(C)cc(N2C(=S)N[C@@H](c3ccccn3)[C@@H]2c2cccn2-c2ccncc2)c1. The first kappa shape index (κ1) is 19.5. The zero-order valence-corrected chi connectivity index (χ0v) is 18.3. The number of pyridine rings is 2. The van der Waals surface area contributed by atoms with Gasteiger partial charge in [-0.3, -0.25) is 9.97 Å². The van der Waals surface area contributed by atoms with Crippen LogP contribution < -0.4 is 10.2 Å². The predicted octanol–water partition coefficient (Wildman–Crippen LogP) is 5.06. The van der Waals surface area contributed by atoms with Gasteiger partial charge in [-0.2, -0.15) is 0 Å². The Kier molecular flexibility index (Phi) is 5.00. The topological polar surface area (TPSA) is 46.0 Å². The molecule has 1 fully saturated rings. The number of nitrogens with one attached hydrogen (secondary N) is 1. The van der Waals surface area contributed by atoms with Gasteiger partial charge in [0.25, 0.3) is 0 Å². The van der Waals surface area contributed by atoms with Gasteiger partial charge in [-0.15, -0.1) is 0 Å². The Morgan fingerprint density at radius 2 is 1.65 bits per heavy atom. The van der Waals surface area contributed by atoms with E-state index in [1.165, 1.54) is 11.1 Å². The lowest BCUT2D eigenvalue weighted by Gasteiger charge is -2.29. The average Bonchev–Trinajstić information content (AvgIpc) is 3.38.